The molecular formula is C17H23NO4. The number of carboxylic acids is 1. The zero-order chi connectivity index (χ0) is 16.1. The molecule has 0 bridgehead atoms. The molecule has 0 radical (unpaired) electrons. The van der Waals surface area contributed by atoms with Crippen molar-refractivity contribution in [1.29, 1.82) is 0 Å². The lowest BCUT2D eigenvalue weighted by molar-refractivity contribution is -0.152. The van der Waals surface area contributed by atoms with Crippen LogP contribution in [0, 0.1) is 0 Å². The molecule has 1 amide bonds. The zero-order valence-corrected chi connectivity index (χ0v) is 13.1. The zero-order valence-electron chi connectivity index (χ0n) is 13.1. The smallest absolute Gasteiger partial charge is 0.326 e. The summed E-state index contributed by atoms with van der Waals surface area (Å²) in [6.45, 7) is 4.60. The number of ether oxygens (including phenoxy) is 1. The lowest BCUT2D eigenvalue weighted by atomic mass is 10.0. The van der Waals surface area contributed by atoms with Gasteiger partial charge in [0, 0.05) is 6.54 Å². The summed E-state index contributed by atoms with van der Waals surface area (Å²) in [5, 5.41) is 9.19. The molecule has 1 aromatic carbocycles. The van der Waals surface area contributed by atoms with Gasteiger partial charge in [-0.2, -0.15) is 0 Å². The van der Waals surface area contributed by atoms with E-state index in [1.807, 2.05) is 24.3 Å². The minimum Gasteiger partial charge on any atom is -0.484 e. The van der Waals surface area contributed by atoms with Crippen LogP contribution in [0.25, 0.3) is 0 Å². The van der Waals surface area contributed by atoms with Crippen molar-refractivity contribution in [2.24, 2.45) is 0 Å². The lowest BCUT2D eigenvalue weighted by Gasteiger charge is -2.32. The van der Waals surface area contributed by atoms with E-state index in [2.05, 4.69) is 13.8 Å². The fourth-order valence-corrected chi connectivity index (χ4v) is 2.66. The summed E-state index contributed by atoms with van der Waals surface area (Å²) in [4.78, 5) is 24.8. The van der Waals surface area contributed by atoms with Crippen LogP contribution >= 0.6 is 0 Å². The molecular weight excluding hydrogens is 282 g/mol. The maximum atomic E-state index is 12.2. The Bertz CT molecular complexity index is 524. The number of piperidine rings is 1. The van der Waals surface area contributed by atoms with Gasteiger partial charge >= 0.3 is 5.97 Å². The molecule has 0 saturated carbocycles. The predicted octanol–water partition coefficient (Wildman–Crippen LogP) is 2.65. The second-order valence-electron chi connectivity index (χ2n) is 5.95. The fourth-order valence-electron chi connectivity index (χ4n) is 2.66. The second kappa shape index (κ2) is 7.29. The number of carbonyl (C=O) groups is 2. The molecule has 22 heavy (non-hydrogen) atoms. The summed E-state index contributed by atoms with van der Waals surface area (Å²) in [5.74, 6) is -0.128. The molecule has 5 heteroatoms. The number of rotatable bonds is 5. The van der Waals surface area contributed by atoms with Crippen LogP contribution < -0.4 is 4.74 Å². The summed E-state index contributed by atoms with van der Waals surface area (Å²) in [6, 6.07) is 6.92. The summed E-state index contributed by atoms with van der Waals surface area (Å²) >= 11 is 0. The Kier molecular flexibility index (Phi) is 5.41. The molecule has 0 unspecified atom stereocenters. The van der Waals surface area contributed by atoms with Crippen LogP contribution in [0.1, 0.15) is 44.6 Å². The van der Waals surface area contributed by atoms with Crippen LogP contribution in [0.15, 0.2) is 24.3 Å². The van der Waals surface area contributed by atoms with E-state index >= 15 is 0 Å². The quantitative estimate of drug-likeness (QED) is 0.908. The Morgan fingerprint density at radius 3 is 2.55 bits per heavy atom. The summed E-state index contributed by atoms with van der Waals surface area (Å²) in [7, 11) is 0. The highest BCUT2D eigenvalue weighted by molar-refractivity contribution is 5.84. The molecule has 1 saturated heterocycles. The van der Waals surface area contributed by atoms with E-state index in [1.54, 1.807) is 0 Å². The number of nitrogens with zero attached hydrogens (tertiary/aromatic N) is 1. The van der Waals surface area contributed by atoms with Gasteiger partial charge in [-0.25, -0.2) is 4.79 Å². The van der Waals surface area contributed by atoms with Crippen molar-refractivity contribution in [3.05, 3.63) is 29.8 Å². The Hall–Kier alpha value is -2.04. The van der Waals surface area contributed by atoms with Crippen molar-refractivity contribution >= 4 is 11.9 Å². The van der Waals surface area contributed by atoms with Crippen molar-refractivity contribution in [2.45, 2.75) is 45.1 Å². The summed E-state index contributed by atoms with van der Waals surface area (Å²) in [5.41, 5.74) is 1.21. The Labute approximate surface area is 130 Å². The minimum atomic E-state index is -0.936. The van der Waals surface area contributed by atoms with Gasteiger partial charge in [0.1, 0.15) is 11.8 Å². The van der Waals surface area contributed by atoms with Gasteiger partial charge in [-0.05, 0) is 42.9 Å². The number of likely N-dealkylation sites (tertiary alicyclic amines) is 1. The maximum absolute atomic E-state index is 12.2. The second-order valence-corrected chi connectivity index (χ2v) is 5.95. The van der Waals surface area contributed by atoms with Crippen molar-refractivity contribution in [2.75, 3.05) is 13.2 Å². The van der Waals surface area contributed by atoms with Gasteiger partial charge in [0.05, 0.1) is 0 Å². The maximum Gasteiger partial charge on any atom is 0.326 e. The Morgan fingerprint density at radius 1 is 1.27 bits per heavy atom. The lowest BCUT2D eigenvalue weighted by Crippen LogP contribution is -2.49. The first-order valence-corrected chi connectivity index (χ1v) is 7.74. The van der Waals surface area contributed by atoms with Crippen LogP contribution in [0.5, 0.6) is 5.75 Å². The van der Waals surface area contributed by atoms with Gasteiger partial charge in [0.25, 0.3) is 5.91 Å². The molecule has 1 N–H and O–H groups in total. The SMILES string of the molecule is CC(C)c1ccc(OCC(=O)N2CCCC[C@@H]2C(=O)O)cc1. The third kappa shape index (κ3) is 4.00. The Balaban J connectivity index is 1.92. The largest absolute Gasteiger partial charge is 0.484 e. The topological polar surface area (TPSA) is 66.8 Å². The van der Waals surface area contributed by atoms with Crippen molar-refractivity contribution < 1.29 is 19.4 Å². The van der Waals surface area contributed by atoms with Crippen LogP contribution in [0.3, 0.4) is 0 Å². The normalized spacial score (nSPS) is 18.3. The molecule has 1 aromatic rings. The number of carboxylic acid groups (broad SMARTS) is 1. The monoisotopic (exact) mass is 305 g/mol. The first kappa shape index (κ1) is 16.3. The number of carbonyl (C=O) groups excluding carboxylic acids is 1. The van der Waals surface area contributed by atoms with Crippen LogP contribution in [0.4, 0.5) is 0 Å². The number of hydrogen-bond donors (Lipinski definition) is 1. The van der Waals surface area contributed by atoms with E-state index in [0.29, 0.717) is 24.6 Å². The first-order chi connectivity index (χ1) is 10.5. The van der Waals surface area contributed by atoms with E-state index in [1.165, 1.54) is 10.5 Å². The minimum absolute atomic E-state index is 0.120. The van der Waals surface area contributed by atoms with Gasteiger partial charge in [-0.3, -0.25) is 4.79 Å². The van der Waals surface area contributed by atoms with E-state index in [4.69, 9.17) is 4.74 Å². The highest BCUT2D eigenvalue weighted by atomic mass is 16.5. The fraction of sp³-hybridized carbons (Fsp3) is 0.529. The van der Waals surface area contributed by atoms with Crippen LogP contribution in [0.2, 0.25) is 0 Å². The molecule has 5 nitrogen and oxygen atoms in total. The molecule has 2 rings (SSSR count). The van der Waals surface area contributed by atoms with E-state index < -0.39 is 12.0 Å². The van der Waals surface area contributed by atoms with E-state index in [-0.39, 0.29) is 12.5 Å². The molecule has 1 aliphatic heterocycles. The first-order valence-electron chi connectivity index (χ1n) is 7.74. The van der Waals surface area contributed by atoms with Crippen LogP contribution in [-0.4, -0.2) is 41.1 Å². The molecule has 120 valence electrons. The average molecular weight is 305 g/mol. The molecule has 0 spiro atoms. The van der Waals surface area contributed by atoms with Crippen molar-refractivity contribution in [1.82, 2.24) is 4.90 Å². The number of hydrogen-bond acceptors (Lipinski definition) is 3. The van der Waals surface area contributed by atoms with Crippen molar-refractivity contribution in [3.63, 3.8) is 0 Å². The molecule has 1 heterocycles. The third-order valence-electron chi connectivity index (χ3n) is 4.02. The van der Waals surface area contributed by atoms with Gasteiger partial charge in [0.2, 0.25) is 0 Å². The average Bonchev–Trinajstić information content (AvgIpc) is 2.53. The van der Waals surface area contributed by atoms with Crippen LogP contribution in [-0.2, 0) is 9.59 Å². The number of amides is 1. The number of aliphatic carboxylic acids is 1. The molecule has 1 fully saturated rings. The highest BCUT2D eigenvalue weighted by Gasteiger charge is 2.31. The molecule has 0 aliphatic carbocycles. The van der Waals surface area contributed by atoms with Gasteiger partial charge in [-0.15, -0.1) is 0 Å². The Morgan fingerprint density at radius 2 is 1.95 bits per heavy atom. The molecule has 1 aliphatic rings. The predicted molar refractivity (Wildman–Crippen MR) is 83.0 cm³/mol. The van der Waals surface area contributed by atoms with E-state index in [0.717, 1.165) is 12.8 Å². The molecule has 1 atom stereocenters. The van der Waals surface area contributed by atoms with Gasteiger partial charge in [0.15, 0.2) is 6.61 Å². The third-order valence-corrected chi connectivity index (χ3v) is 4.02. The standard InChI is InChI=1S/C17H23NO4/c1-12(2)13-6-8-14(9-7-13)22-11-16(19)18-10-4-3-5-15(18)17(20)21/h6-9,12,15H,3-5,10-11H2,1-2H3,(H,20,21)/t15-/m1/s1. The highest BCUT2D eigenvalue weighted by Crippen LogP contribution is 2.20. The van der Waals surface area contributed by atoms with Crippen molar-refractivity contribution in [3.8, 4) is 5.75 Å². The molecule has 0 aromatic heterocycles. The van der Waals surface area contributed by atoms with Gasteiger partial charge < -0.3 is 14.7 Å². The van der Waals surface area contributed by atoms with Gasteiger partial charge in [-0.1, -0.05) is 26.0 Å². The number of benzene rings is 1. The van der Waals surface area contributed by atoms with E-state index in [9.17, 15) is 14.7 Å². The summed E-state index contributed by atoms with van der Waals surface area (Å²) in [6.07, 6.45) is 2.21. The summed E-state index contributed by atoms with van der Waals surface area (Å²) < 4.78 is 5.50.